The number of hydrogen-bond acceptors (Lipinski definition) is 6. The zero-order chi connectivity index (χ0) is 20.4. The third-order valence-electron chi connectivity index (χ3n) is 4.68. The average Bonchev–Trinajstić information content (AvgIpc) is 2.68. The summed E-state index contributed by atoms with van der Waals surface area (Å²) < 4.78 is 10.9. The minimum atomic E-state index is -1.82. The summed E-state index contributed by atoms with van der Waals surface area (Å²) in [5.41, 5.74) is 1.20. The monoisotopic (exact) mass is 382 g/mol. The van der Waals surface area contributed by atoms with Gasteiger partial charge in [-0.2, -0.15) is 0 Å². The van der Waals surface area contributed by atoms with E-state index < -0.39 is 11.9 Å². The largest absolute Gasteiger partial charge is 0.493 e. The van der Waals surface area contributed by atoms with Crippen LogP contribution in [0.5, 0.6) is 11.5 Å². The van der Waals surface area contributed by atoms with E-state index in [-0.39, 0.29) is 0 Å². The number of aliphatic carboxylic acids is 2. The predicted molar refractivity (Wildman–Crippen MR) is 101 cm³/mol. The Bertz CT molecular complexity index is 602. The molecule has 8 heteroatoms. The second-order valence-corrected chi connectivity index (χ2v) is 6.33. The van der Waals surface area contributed by atoms with Crippen LogP contribution in [0.15, 0.2) is 18.2 Å². The highest BCUT2D eigenvalue weighted by Gasteiger charge is 2.21. The molecule has 1 aliphatic rings. The van der Waals surface area contributed by atoms with Crippen LogP contribution in [-0.2, 0) is 16.1 Å². The maximum atomic E-state index is 9.10. The van der Waals surface area contributed by atoms with Gasteiger partial charge < -0.3 is 19.7 Å². The topological polar surface area (TPSA) is 99.5 Å². The van der Waals surface area contributed by atoms with Crippen molar-refractivity contribution in [2.75, 3.05) is 40.4 Å². The Labute approximate surface area is 160 Å². The van der Waals surface area contributed by atoms with Crippen LogP contribution in [0.2, 0.25) is 0 Å². The zero-order valence-corrected chi connectivity index (χ0v) is 16.5. The number of carbonyl (C=O) groups is 2. The van der Waals surface area contributed by atoms with Gasteiger partial charge in [0, 0.05) is 44.3 Å². The fraction of sp³-hybridized carbons (Fsp3) is 0.579. The lowest BCUT2D eigenvalue weighted by Gasteiger charge is -2.38. The van der Waals surface area contributed by atoms with Crippen LogP contribution >= 0.6 is 0 Å². The molecule has 1 aromatic carbocycles. The van der Waals surface area contributed by atoms with Gasteiger partial charge in [0.2, 0.25) is 0 Å². The van der Waals surface area contributed by atoms with E-state index in [1.165, 1.54) is 12.0 Å². The molecule has 8 nitrogen and oxygen atoms in total. The molecular formula is C19H30N2O6. The molecule has 0 radical (unpaired) electrons. The van der Waals surface area contributed by atoms with Gasteiger partial charge in [0.05, 0.1) is 14.2 Å². The molecule has 0 aliphatic carbocycles. The maximum Gasteiger partial charge on any atom is 0.414 e. The van der Waals surface area contributed by atoms with Crippen molar-refractivity contribution >= 4 is 11.9 Å². The van der Waals surface area contributed by atoms with E-state index in [0.717, 1.165) is 44.2 Å². The summed E-state index contributed by atoms with van der Waals surface area (Å²) in [4.78, 5) is 23.3. The van der Waals surface area contributed by atoms with Crippen LogP contribution in [0, 0.1) is 0 Å². The first-order valence-electron chi connectivity index (χ1n) is 8.96. The first-order chi connectivity index (χ1) is 12.8. The fourth-order valence-electron chi connectivity index (χ4n) is 2.94. The van der Waals surface area contributed by atoms with Crippen LogP contribution in [0.3, 0.4) is 0 Å². The third kappa shape index (κ3) is 7.07. The molecule has 0 bridgehead atoms. The highest BCUT2D eigenvalue weighted by molar-refractivity contribution is 6.27. The molecule has 2 rings (SSSR count). The van der Waals surface area contributed by atoms with E-state index >= 15 is 0 Å². The van der Waals surface area contributed by atoms with Gasteiger partial charge in [0.15, 0.2) is 11.5 Å². The molecule has 1 heterocycles. The van der Waals surface area contributed by atoms with Gasteiger partial charge >= 0.3 is 11.9 Å². The number of carboxylic acid groups (broad SMARTS) is 2. The molecule has 152 valence electrons. The summed E-state index contributed by atoms with van der Waals surface area (Å²) in [7, 11) is 3.40. The third-order valence-corrected chi connectivity index (χ3v) is 4.68. The number of para-hydroxylation sites is 1. The normalized spacial score (nSPS) is 16.0. The Morgan fingerprint density at radius 3 is 2.11 bits per heavy atom. The van der Waals surface area contributed by atoms with Crippen molar-refractivity contribution in [1.29, 1.82) is 0 Å². The Hall–Kier alpha value is -2.32. The van der Waals surface area contributed by atoms with Gasteiger partial charge in [-0.1, -0.05) is 19.1 Å². The first-order valence-corrected chi connectivity index (χ1v) is 8.96. The maximum absolute atomic E-state index is 9.10. The average molecular weight is 382 g/mol. The van der Waals surface area contributed by atoms with Crippen molar-refractivity contribution in [1.82, 2.24) is 9.80 Å². The van der Waals surface area contributed by atoms with Crippen LogP contribution in [0.1, 0.15) is 25.8 Å². The number of hydrogen-bond donors (Lipinski definition) is 2. The zero-order valence-electron chi connectivity index (χ0n) is 16.5. The molecule has 0 saturated carbocycles. The molecular weight excluding hydrogens is 352 g/mol. The Kier molecular flexibility index (Phi) is 9.60. The SMILES string of the molecule is CCC(C)N1CCN(Cc2cccc(OC)c2OC)CC1.O=C(O)C(=O)O. The van der Waals surface area contributed by atoms with Crippen molar-refractivity contribution in [3.8, 4) is 11.5 Å². The Morgan fingerprint density at radius 2 is 1.67 bits per heavy atom. The summed E-state index contributed by atoms with van der Waals surface area (Å²) >= 11 is 0. The second kappa shape index (κ2) is 11.4. The molecule has 27 heavy (non-hydrogen) atoms. The number of rotatable bonds is 6. The summed E-state index contributed by atoms with van der Waals surface area (Å²) in [5.74, 6) is -1.97. The van der Waals surface area contributed by atoms with Gasteiger partial charge in [0.25, 0.3) is 0 Å². The smallest absolute Gasteiger partial charge is 0.414 e. The van der Waals surface area contributed by atoms with Crippen molar-refractivity contribution in [3.05, 3.63) is 23.8 Å². The second-order valence-electron chi connectivity index (χ2n) is 6.33. The number of benzene rings is 1. The van der Waals surface area contributed by atoms with E-state index in [0.29, 0.717) is 6.04 Å². The number of carboxylic acids is 2. The van der Waals surface area contributed by atoms with Gasteiger partial charge in [-0.25, -0.2) is 9.59 Å². The molecule has 1 saturated heterocycles. The molecule has 1 aliphatic heterocycles. The van der Waals surface area contributed by atoms with E-state index in [1.54, 1.807) is 14.2 Å². The van der Waals surface area contributed by atoms with E-state index in [9.17, 15) is 0 Å². The molecule has 0 aromatic heterocycles. The summed E-state index contributed by atoms with van der Waals surface area (Å²) in [6.07, 6.45) is 1.23. The fourth-order valence-corrected chi connectivity index (χ4v) is 2.94. The number of piperazine rings is 1. The molecule has 1 unspecified atom stereocenters. The predicted octanol–water partition coefficient (Wildman–Crippen LogP) is 1.78. The molecule has 0 amide bonds. The van der Waals surface area contributed by atoms with E-state index in [2.05, 4.69) is 29.7 Å². The minimum Gasteiger partial charge on any atom is -0.493 e. The first kappa shape index (κ1) is 22.7. The molecule has 2 N–H and O–H groups in total. The van der Waals surface area contributed by atoms with Gasteiger partial charge in [-0.3, -0.25) is 9.80 Å². The summed E-state index contributed by atoms with van der Waals surface area (Å²) in [5, 5.41) is 14.8. The number of ether oxygens (including phenoxy) is 2. The van der Waals surface area contributed by atoms with E-state index in [1.807, 2.05) is 12.1 Å². The van der Waals surface area contributed by atoms with Gasteiger partial charge in [-0.05, 0) is 19.4 Å². The minimum absolute atomic E-state index is 0.693. The quantitative estimate of drug-likeness (QED) is 0.718. The highest BCUT2D eigenvalue weighted by atomic mass is 16.5. The Balaban J connectivity index is 0.000000527. The van der Waals surface area contributed by atoms with Crippen molar-refractivity contribution in [2.45, 2.75) is 32.9 Å². The summed E-state index contributed by atoms with van der Waals surface area (Å²) in [6, 6.07) is 6.80. The van der Waals surface area contributed by atoms with E-state index in [4.69, 9.17) is 29.3 Å². The van der Waals surface area contributed by atoms with Crippen LogP contribution in [0.25, 0.3) is 0 Å². The summed E-state index contributed by atoms with van der Waals surface area (Å²) in [6.45, 7) is 10.0. The molecule has 1 fully saturated rings. The van der Waals surface area contributed by atoms with Gasteiger partial charge in [0.1, 0.15) is 0 Å². The molecule has 1 aromatic rings. The lowest BCUT2D eigenvalue weighted by atomic mass is 10.1. The molecule has 1 atom stereocenters. The highest BCUT2D eigenvalue weighted by Crippen LogP contribution is 2.31. The van der Waals surface area contributed by atoms with Crippen molar-refractivity contribution in [2.24, 2.45) is 0 Å². The van der Waals surface area contributed by atoms with Gasteiger partial charge in [-0.15, -0.1) is 0 Å². The lowest BCUT2D eigenvalue weighted by Crippen LogP contribution is -2.49. The standard InChI is InChI=1S/C17H28N2O2.C2H2O4/c1-5-14(2)19-11-9-18(10-12-19)13-15-7-6-8-16(20-3)17(15)21-4;3-1(4)2(5)6/h6-8,14H,5,9-13H2,1-4H3;(H,3,4)(H,5,6). The lowest BCUT2D eigenvalue weighted by molar-refractivity contribution is -0.159. The number of nitrogens with zero attached hydrogens (tertiary/aromatic N) is 2. The number of methoxy groups -OCH3 is 2. The van der Waals surface area contributed by atoms with Crippen LogP contribution in [0.4, 0.5) is 0 Å². The van der Waals surface area contributed by atoms with Crippen LogP contribution in [-0.4, -0.2) is 78.4 Å². The van der Waals surface area contributed by atoms with Crippen molar-refractivity contribution in [3.63, 3.8) is 0 Å². The van der Waals surface area contributed by atoms with Crippen LogP contribution < -0.4 is 9.47 Å². The molecule has 0 spiro atoms. The van der Waals surface area contributed by atoms with Crippen molar-refractivity contribution < 1.29 is 29.3 Å². The Morgan fingerprint density at radius 1 is 1.07 bits per heavy atom.